The zero-order valence-corrected chi connectivity index (χ0v) is 14.6. The highest BCUT2D eigenvalue weighted by Gasteiger charge is 2.12. The van der Waals surface area contributed by atoms with E-state index in [2.05, 4.69) is 39.9 Å². The lowest BCUT2D eigenvalue weighted by Crippen LogP contribution is -2.20. The molecule has 3 heteroatoms. The van der Waals surface area contributed by atoms with E-state index in [9.17, 15) is 0 Å². The number of hydrogen-bond acceptors (Lipinski definition) is 3. The van der Waals surface area contributed by atoms with E-state index in [4.69, 9.17) is 9.97 Å². The van der Waals surface area contributed by atoms with E-state index < -0.39 is 0 Å². The molecule has 0 saturated heterocycles. The van der Waals surface area contributed by atoms with Crippen LogP contribution < -0.4 is 5.32 Å². The van der Waals surface area contributed by atoms with Gasteiger partial charge < -0.3 is 5.32 Å². The van der Waals surface area contributed by atoms with E-state index >= 15 is 0 Å². The second-order valence-corrected chi connectivity index (χ2v) is 6.15. The molecular formula is C18H33N3. The summed E-state index contributed by atoms with van der Waals surface area (Å²) in [6, 6.07) is 0. The lowest BCUT2D eigenvalue weighted by atomic mass is 10.0. The average molecular weight is 291 g/mol. The summed E-state index contributed by atoms with van der Waals surface area (Å²) in [6.07, 6.45) is 6.43. The number of nitrogens with one attached hydrogen (secondary N) is 1. The van der Waals surface area contributed by atoms with Gasteiger partial charge in [0, 0.05) is 17.8 Å². The Morgan fingerprint density at radius 1 is 0.905 bits per heavy atom. The van der Waals surface area contributed by atoms with Crippen LogP contribution in [0.2, 0.25) is 0 Å². The van der Waals surface area contributed by atoms with Crippen molar-refractivity contribution in [2.24, 2.45) is 5.92 Å². The molecule has 3 nitrogen and oxygen atoms in total. The smallest absolute Gasteiger partial charge is 0.128 e. The average Bonchev–Trinajstić information content (AvgIpc) is 2.49. The number of aryl methyl sites for hydroxylation is 3. The normalized spacial score (nSPS) is 11.3. The summed E-state index contributed by atoms with van der Waals surface area (Å²) in [4.78, 5) is 9.66. The third-order valence-corrected chi connectivity index (χ3v) is 3.82. The van der Waals surface area contributed by atoms with Crippen molar-refractivity contribution in [1.29, 1.82) is 0 Å². The number of aromatic nitrogens is 2. The molecular weight excluding hydrogens is 258 g/mol. The van der Waals surface area contributed by atoms with E-state index in [1.54, 1.807) is 0 Å². The molecule has 0 spiro atoms. The summed E-state index contributed by atoms with van der Waals surface area (Å²) in [6.45, 7) is 13.3. The predicted molar refractivity (Wildman–Crippen MR) is 90.8 cm³/mol. The second kappa shape index (κ2) is 9.88. The van der Waals surface area contributed by atoms with Crippen LogP contribution in [0.15, 0.2) is 0 Å². The molecule has 1 aromatic rings. The van der Waals surface area contributed by atoms with Crippen LogP contribution in [-0.2, 0) is 25.7 Å². The fourth-order valence-electron chi connectivity index (χ4n) is 2.56. The summed E-state index contributed by atoms with van der Waals surface area (Å²) in [7, 11) is 0. The Balaban J connectivity index is 2.85. The maximum absolute atomic E-state index is 4.83. The van der Waals surface area contributed by atoms with Gasteiger partial charge in [-0.1, -0.05) is 34.6 Å². The van der Waals surface area contributed by atoms with Crippen molar-refractivity contribution in [3.05, 3.63) is 22.8 Å². The van der Waals surface area contributed by atoms with Crippen LogP contribution in [0.3, 0.4) is 0 Å². The zero-order valence-electron chi connectivity index (χ0n) is 14.6. The maximum atomic E-state index is 4.83. The van der Waals surface area contributed by atoms with Crippen molar-refractivity contribution in [2.75, 3.05) is 13.1 Å². The molecule has 0 bridgehead atoms. The Hall–Kier alpha value is -0.960. The highest BCUT2D eigenvalue weighted by atomic mass is 14.9. The van der Waals surface area contributed by atoms with E-state index in [-0.39, 0.29) is 0 Å². The van der Waals surface area contributed by atoms with Crippen molar-refractivity contribution < 1.29 is 0 Å². The quantitative estimate of drug-likeness (QED) is 0.667. The van der Waals surface area contributed by atoms with Crippen molar-refractivity contribution >= 4 is 0 Å². The molecule has 1 N–H and O–H groups in total. The molecule has 0 aromatic carbocycles. The van der Waals surface area contributed by atoms with Gasteiger partial charge in [-0.25, -0.2) is 9.97 Å². The second-order valence-electron chi connectivity index (χ2n) is 6.15. The third kappa shape index (κ3) is 6.13. The minimum atomic E-state index is 0.710. The van der Waals surface area contributed by atoms with Crippen molar-refractivity contribution in [3.8, 4) is 0 Å². The van der Waals surface area contributed by atoms with Gasteiger partial charge >= 0.3 is 0 Å². The third-order valence-electron chi connectivity index (χ3n) is 3.82. The fraction of sp³-hybridized carbons (Fsp3) is 0.778. The first-order valence-electron chi connectivity index (χ1n) is 8.70. The summed E-state index contributed by atoms with van der Waals surface area (Å²) in [5.74, 6) is 1.75. The summed E-state index contributed by atoms with van der Waals surface area (Å²) in [5, 5.41) is 3.49. The van der Waals surface area contributed by atoms with Gasteiger partial charge in [0.05, 0.1) is 0 Å². The van der Waals surface area contributed by atoms with Crippen molar-refractivity contribution in [1.82, 2.24) is 15.3 Å². The van der Waals surface area contributed by atoms with Crippen molar-refractivity contribution in [2.45, 2.75) is 73.1 Å². The van der Waals surface area contributed by atoms with E-state index in [1.807, 2.05) is 0 Å². The standard InChI is InChI=1S/C18H33N3/c1-6-12-19-13-11-15-16(7-2)20-18(10-9-14(4)5)21-17(15)8-3/h14,19H,6-13H2,1-5H3. The Kier molecular flexibility index (Phi) is 8.51. The van der Waals surface area contributed by atoms with E-state index in [0.29, 0.717) is 5.92 Å². The van der Waals surface area contributed by atoms with Gasteiger partial charge in [-0.2, -0.15) is 0 Å². The molecule has 0 radical (unpaired) electrons. The van der Waals surface area contributed by atoms with E-state index in [0.717, 1.165) is 44.6 Å². The van der Waals surface area contributed by atoms with E-state index in [1.165, 1.54) is 29.8 Å². The molecule has 0 atom stereocenters. The number of hydrogen-bond donors (Lipinski definition) is 1. The lowest BCUT2D eigenvalue weighted by molar-refractivity contribution is 0.570. The van der Waals surface area contributed by atoms with Crippen LogP contribution in [-0.4, -0.2) is 23.1 Å². The molecule has 0 aliphatic carbocycles. The molecule has 0 unspecified atom stereocenters. The largest absolute Gasteiger partial charge is 0.316 e. The number of rotatable bonds is 10. The zero-order chi connectivity index (χ0) is 15.7. The number of nitrogens with zero attached hydrogens (tertiary/aromatic N) is 2. The van der Waals surface area contributed by atoms with Crippen LogP contribution in [0.4, 0.5) is 0 Å². The van der Waals surface area contributed by atoms with Crippen LogP contribution in [0.5, 0.6) is 0 Å². The molecule has 0 aliphatic heterocycles. The van der Waals surface area contributed by atoms with Gasteiger partial charge in [-0.3, -0.25) is 0 Å². The lowest BCUT2D eigenvalue weighted by Gasteiger charge is -2.15. The maximum Gasteiger partial charge on any atom is 0.128 e. The Morgan fingerprint density at radius 2 is 1.52 bits per heavy atom. The summed E-state index contributed by atoms with van der Waals surface area (Å²) < 4.78 is 0. The molecule has 1 heterocycles. The molecule has 0 saturated carbocycles. The molecule has 1 aromatic heterocycles. The topological polar surface area (TPSA) is 37.8 Å². The van der Waals surface area contributed by atoms with Gasteiger partial charge in [-0.15, -0.1) is 0 Å². The highest BCUT2D eigenvalue weighted by molar-refractivity contribution is 5.27. The van der Waals surface area contributed by atoms with Crippen LogP contribution in [0, 0.1) is 5.92 Å². The van der Waals surface area contributed by atoms with Gasteiger partial charge in [0.1, 0.15) is 5.82 Å². The van der Waals surface area contributed by atoms with Gasteiger partial charge in [0.15, 0.2) is 0 Å². The molecule has 1 rings (SSSR count). The fourth-order valence-corrected chi connectivity index (χ4v) is 2.56. The predicted octanol–water partition coefficient (Wildman–Crippen LogP) is 3.73. The SMILES string of the molecule is CCCNCCc1c(CC)nc(CCC(C)C)nc1CC. The van der Waals surface area contributed by atoms with Crippen LogP contribution >= 0.6 is 0 Å². The van der Waals surface area contributed by atoms with Crippen molar-refractivity contribution in [3.63, 3.8) is 0 Å². The minimum Gasteiger partial charge on any atom is -0.316 e. The summed E-state index contributed by atoms with van der Waals surface area (Å²) in [5.41, 5.74) is 3.91. The Morgan fingerprint density at radius 3 is 2.00 bits per heavy atom. The van der Waals surface area contributed by atoms with Gasteiger partial charge in [-0.05, 0) is 56.7 Å². The first-order chi connectivity index (χ1) is 10.1. The molecule has 0 fully saturated rings. The Bertz CT molecular complexity index is 388. The minimum absolute atomic E-state index is 0.710. The monoisotopic (exact) mass is 291 g/mol. The molecule has 120 valence electrons. The first-order valence-corrected chi connectivity index (χ1v) is 8.70. The Labute approximate surface area is 131 Å². The molecule has 21 heavy (non-hydrogen) atoms. The molecule has 0 aliphatic rings. The summed E-state index contributed by atoms with van der Waals surface area (Å²) >= 11 is 0. The highest BCUT2D eigenvalue weighted by Crippen LogP contribution is 2.16. The van der Waals surface area contributed by atoms with Gasteiger partial charge in [0.2, 0.25) is 0 Å². The van der Waals surface area contributed by atoms with Crippen LogP contribution in [0.25, 0.3) is 0 Å². The van der Waals surface area contributed by atoms with Gasteiger partial charge in [0.25, 0.3) is 0 Å². The van der Waals surface area contributed by atoms with Crippen LogP contribution in [0.1, 0.15) is 70.2 Å². The molecule has 0 amide bonds. The first kappa shape index (κ1) is 18.1.